The number of nitrogens with zero attached hydrogens (tertiary/aromatic N) is 2. The normalized spacial score (nSPS) is 11.6. The number of pyridine rings is 1. The molecule has 1 amide bonds. The van der Waals surface area contributed by atoms with Gasteiger partial charge < -0.3 is 5.32 Å². The Balaban J connectivity index is 1.72. The van der Waals surface area contributed by atoms with Crippen LogP contribution in [0.3, 0.4) is 0 Å². The Kier molecular flexibility index (Phi) is 7.02. The third-order valence-electron chi connectivity index (χ3n) is 4.16. The van der Waals surface area contributed by atoms with Gasteiger partial charge in [-0.1, -0.05) is 29.8 Å². The zero-order valence-corrected chi connectivity index (χ0v) is 19.2. The molecule has 0 atom stereocenters. The first-order valence-corrected chi connectivity index (χ1v) is 12.8. The molecular formula is C20H19ClN4O5S2. The summed E-state index contributed by atoms with van der Waals surface area (Å²) < 4.78 is 52.5. The molecule has 2 N–H and O–H groups in total. The number of amides is 1. The fourth-order valence-electron chi connectivity index (χ4n) is 2.70. The highest BCUT2D eigenvalue weighted by atomic mass is 35.5. The summed E-state index contributed by atoms with van der Waals surface area (Å²) in [4.78, 5) is 16.4. The standard InChI is InChI=1S/C20H19ClN4O5S2/c1-31(27,28)25(18-7-3-2-6-17(18)21)14-20(26)23-15-9-11-16(12-10-15)32(29,30)24-19-8-4-5-13-22-19/h2-13H,14H2,1H3,(H,22,24)(H,23,26). The number of anilines is 3. The van der Waals surface area contributed by atoms with Gasteiger partial charge in [-0.3, -0.25) is 13.8 Å². The van der Waals surface area contributed by atoms with Crippen molar-refractivity contribution in [2.45, 2.75) is 4.90 Å². The number of hydrogen-bond acceptors (Lipinski definition) is 6. The number of rotatable bonds is 8. The molecule has 0 saturated heterocycles. The maximum atomic E-state index is 12.5. The highest BCUT2D eigenvalue weighted by molar-refractivity contribution is 7.92. The topological polar surface area (TPSA) is 126 Å². The van der Waals surface area contributed by atoms with E-state index in [9.17, 15) is 21.6 Å². The van der Waals surface area contributed by atoms with Crippen molar-refractivity contribution < 1.29 is 21.6 Å². The van der Waals surface area contributed by atoms with Gasteiger partial charge in [0.15, 0.2) is 0 Å². The predicted octanol–water partition coefficient (Wildman–Crippen LogP) is 2.94. The first-order valence-electron chi connectivity index (χ1n) is 9.12. The van der Waals surface area contributed by atoms with E-state index in [0.29, 0.717) is 5.69 Å². The summed E-state index contributed by atoms with van der Waals surface area (Å²) >= 11 is 6.08. The molecule has 168 valence electrons. The second-order valence-electron chi connectivity index (χ2n) is 6.61. The summed E-state index contributed by atoms with van der Waals surface area (Å²) in [6.45, 7) is -0.510. The molecule has 0 fully saturated rings. The Labute approximate surface area is 191 Å². The largest absolute Gasteiger partial charge is 0.325 e. The molecule has 0 unspecified atom stereocenters. The van der Waals surface area contributed by atoms with Gasteiger partial charge in [-0.15, -0.1) is 0 Å². The van der Waals surface area contributed by atoms with Crippen molar-refractivity contribution in [1.82, 2.24) is 4.98 Å². The monoisotopic (exact) mass is 494 g/mol. The molecule has 3 rings (SSSR count). The molecule has 0 aliphatic rings. The minimum Gasteiger partial charge on any atom is -0.325 e. The maximum absolute atomic E-state index is 12.5. The van der Waals surface area contributed by atoms with Gasteiger partial charge >= 0.3 is 0 Å². The number of halogens is 1. The van der Waals surface area contributed by atoms with Crippen molar-refractivity contribution in [2.75, 3.05) is 27.1 Å². The Bertz CT molecular complexity index is 1320. The van der Waals surface area contributed by atoms with Gasteiger partial charge in [0.2, 0.25) is 15.9 Å². The molecule has 0 bridgehead atoms. The van der Waals surface area contributed by atoms with Crippen LogP contribution in [0.5, 0.6) is 0 Å². The van der Waals surface area contributed by atoms with Gasteiger partial charge in [0.25, 0.3) is 10.0 Å². The van der Waals surface area contributed by atoms with Gasteiger partial charge in [-0.2, -0.15) is 0 Å². The SMILES string of the molecule is CS(=O)(=O)N(CC(=O)Nc1ccc(S(=O)(=O)Nc2ccccn2)cc1)c1ccccc1Cl. The summed E-state index contributed by atoms with van der Waals surface area (Å²) in [6, 6.07) is 16.5. The smallest absolute Gasteiger partial charge is 0.263 e. The molecule has 9 nitrogen and oxygen atoms in total. The lowest BCUT2D eigenvalue weighted by atomic mass is 10.3. The fourth-order valence-corrected chi connectivity index (χ4v) is 4.87. The van der Waals surface area contributed by atoms with Gasteiger partial charge in [0.05, 0.1) is 21.9 Å². The van der Waals surface area contributed by atoms with E-state index < -0.39 is 32.5 Å². The molecule has 0 spiro atoms. The van der Waals surface area contributed by atoms with Crippen LogP contribution in [0.1, 0.15) is 0 Å². The summed E-state index contributed by atoms with van der Waals surface area (Å²) in [5.74, 6) is -0.456. The highest BCUT2D eigenvalue weighted by Crippen LogP contribution is 2.27. The Morgan fingerprint density at radius 1 is 0.969 bits per heavy atom. The van der Waals surface area contributed by atoms with E-state index in [1.54, 1.807) is 24.3 Å². The van der Waals surface area contributed by atoms with Crippen molar-refractivity contribution in [3.8, 4) is 0 Å². The third-order valence-corrected chi connectivity index (χ3v) is 6.98. The fraction of sp³-hybridized carbons (Fsp3) is 0.100. The van der Waals surface area contributed by atoms with E-state index in [4.69, 9.17) is 11.6 Å². The molecule has 0 aliphatic carbocycles. The minimum absolute atomic E-state index is 0.0324. The molecule has 32 heavy (non-hydrogen) atoms. The summed E-state index contributed by atoms with van der Waals surface area (Å²) in [5.41, 5.74) is 0.466. The Morgan fingerprint density at radius 2 is 1.62 bits per heavy atom. The van der Waals surface area contributed by atoms with Gasteiger partial charge in [-0.25, -0.2) is 21.8 Å². The van der Waals surface area contributed by atoms with Crippen molar-refractivity contribution in [3.05, 3.63) is 77.9 Å². The van der Waals surface area contributed by atoms with Crippen molar-refractivity contribution >= 4 is 54.7 Å². The van der Waals surface area contributed by atoms with E-state index in [1.807, 2.05) is 0 Å². The van der Waals surface area contributed by atoms with Crippen LogP contribution in [0.15, 0.2) is 77.8 Å². The summed E-state index contributed by atoms with van der Waals surface area (Å²) in [5, 5.41) is 2.73. The molecule has 2 aromatic carbocycles. The highest BCUT2D eigenvalue weighted by Gasteiger charge is 2.23. The van der Waals surface area contributed by atoms with Crippen LogP contribution in [0.25, 0.3) is 0 Å². The van der Waals surface area contributed by atoms with Crippen LogP contribution in [0.4, 0.5) is 17.2 Å². The van der Waals surface area contributed by atoms with Crippen LogP contribution >= 0.6 is 11.6 Å². The Morgan fingerprint density at radius 3 is 2.22 bits per heavy atom. The average molecular weight is 495 g/mol. The molecule has 0 aliphatic heterocycles. The lowest BCUT2D eigenvalue weighted by Gasteiger charge is -2.22. The third kappa shape index (κ3) is 5.96. The quantitative estimate of drug-likeness (QED) is 0.496. The number of carbonyl (C=O) groups excluding carboxylic acids is 1. The summed E-state index contributed by atoms with van der Waals surface area (Å²) in [6.07, 6.45) is 2.43. The zero-order chi connectivity index (χ0) is 23.4. The van der Waals surface area contributed by atoms with E-state index in [2.05, 4.69) is 15.0 Å². The van der Waals surface area contributed by atoms with Gasteiger partial charge in [0, 0.05) is 11.9 Å². The number of para-hydroxylation sites is 1. The number of aromatic nitrogens is 1. The second kappa shape index (κ2) is 9.55. The number of benzene rings is 2. The van der Waals surface area contributed by atoms with Crippen molar-refractivity contribution in [3.63, 3.8) is 0 Å². The first-order chi connectivity index (χ1) is 15.1. The van der Waals surface area contributed by atoms with Crippen molar-refractivity contribution in [2.24, 2.45) is 0 Å². The van der Waals surface area contributed by atoms with E-state index >= 15 is 0 Å². The van der Waals surface area contributed by atoms with Crippen LogP contribution in [-0.2, 0) is 24.8 Å². The molecule has 12 heteroatoms. The number of sulfonamides is 2. The lowest BCUT2D eigenvalue weighted by molar-refractivity contribution is -0.114. The number of carbonyl (C=O) groups is 1. The minimum atomic E-state index is -3.87. The van der Waals surface area contributed by atoms with Crippen molar-refractivity contribution in [1.29, 1.82) is 0 Å². The molecule has 0 radical (unpaired) electrons. The predicted molar refractivity (Wildman–Crippen MR) is 124 cm³/mol. The first kappa shape index (κ1) is 23.5. The van der Waals surface area contributed by atoms with E-state index in [1.165, 1.54) is 48.7 Å². The maximum Gasteiger partial charge on any atom is 0.263 e. The molecule has 1 aromatic heterocycles. The van der Waals surface area contributed by atoms with Crippen LogP contribution in [0, 0.1) is 0 Å². The van der Waals surface area contributed by atoms with Crippen LogP contribution in [-0.4, -0.2) is 40.5 Å². The molecule has 0 saturated carbocycles. The molecule has 1 heterocycles. The summed E-state index contributed by atoms with van der Waals surface area (Å²) in [7, 11) is -7.65. The Hall–Kier alpha value is -3.15. The van der Waals surface area contributed by atoms with E-state index in [0.717, 1.165) is 10.6 Å². The second-order valence-corrected chi connectivity index (χ2v) is 10.6. The van der Waals surface area contributed by atoms with Gasteiger partial charge in [0.1, 0.15) is 12.4 Å². The number of hydrogen-bond donors (Lipinski definition) is 2. The van der Waals surface area contributed by atoms with Crippen LogP contribution in [0.2, 0.25) is 5.02 Å². The average Bonchev–Trinajstić information content (AvgIpc) is 2.73. The van der Waals surface area contributed by atoms with Gasteiger partial charge in [-0.05, 0) is 48.5 Å². The number of nitrogens with one attached hydrogen (secondary N) is 2. The molecule has 3 aromatic rings. The van der Waals surface area contributed by atoms with E-state index in [-0.39, 0.29) is 21.4 Å². The van der Waals surface area contributed by atoms with Crippen LogP contribution < -0.4 is 14.3 Å². The molecular weight excluding hydrogens is 476 g/mol. The lowest BCUT2D eigenvalue weighted by Crippen LogP contribution is -2.37. The zero-order valence-electron chi connectivity index (χ0n) is 16.8.